The van der Waals surface area contributed by atoms with Crippen LogP contribution < -0.4 is 9.46 Å². The quantitative estimate of drug-likeness (QED) is 0.799. The van der Waals surface area contributed by atoms with Crippen molar-refractivity contribution in [3.63, 3.8) is 0 Å². The van der Waals surface area contributed by atoms with Crippen molar-refractivity contribution in [2.24, 2.45) is 23.2 Å². The molecule has 1 N–H and O–H groups in total. The van der Waals surface area contributed by atoms with Crippen molar-refractivity contribution < 1.29 is 13.2 Å². The van der Waals surface area contributed by atoms with Gasteiger partial charge in [0.05, 0.1) is 12.9 Å². The van der Waals surface area contributed by atoms with Crippen LogP contribution in [0.3, 0.4) is 0 Å². The number of pyridine rings is 1. The highest BCUT2D eigenvalue weighted by atomic mass is 32.2. The normalized spacial score (nSPS) is 31.4. The SMILES string of the molecule is CCc1cn2c(NS(C)(=O)=O)nnc2cc1OCC12CC3CC(CC(C3)C1)C2. The molecular formula is C20H28N4O3S. The summed E-state index contributed by atoms with van der Waals surface area (Å²) in [6.45, 7) is 2.86. The molecule has 2 heterocycles. The molecular weight excluding hydrogens is 376 g/mol. The Balaban J connectivity index is 1.40. The summed E-state index contributed by atoms with van der Waals surface area (Å²) in [6.07, 6.45) is 12.0. The van der Waals surface area contributed by atoms with Gasteiger partial charge < -0.3 is 4.74 Å². The van der Waals surface area contributed by atoms with Gasteiger partial charge >= 0.3 is 0 Å². The standard InChI is InChI=1S/C20H28N4O3S/c1-3-16-11-24-18(21-22-19(24)23-28(2,25)26)7-17(16)27-12-20-8-13-4-14(9-20)6-15(5-13)10-20/h7,11,13-15H,3-6,8-10,12H2,1-2H3,(H,22,23). The second kappa shape index (κ2) is 6.34. The van der Waals surface area contributed by atoms with Crippen LogP contribution in [0.1, 0.15) is 51.0 Å². The number of hydrogen-bond donors (Lipinski definition) is 1. The van der Waals surface area contributed by atoms with Crippen molar-refractivity contribution in [1.82, 2.24) is 14.6 Å². The molecule has 0 saturated heterocycles. The molecule has 6 rings (SSSR count). The van der Waals surface area contributed by atoms with Gasteiger partial charge in [0.1, 0.15) is 5.75 Å². The lowest BCUT2D eigenvalue weighted by atomic mass is 9.50. The van der Waals surface area contributed by atoms with Crippen LogP contribution in [-0.4, -0.2) is 35.9 Å². The Morgan fingerprint density at radius 2 is 1.82 bits per heavy atom. The number of rotatable bonds is 6. The predicted molar refractivity (Wildman–Crippen MR) is 107 cm³/mol. The van der Waals surface area contributed by atoms with Gasteiger partial charge in [-0.2, -0.15) is 0 Å². The Kier molecular flexibility index (Phi) is 4.12. The van der Waals surface area contributed by atoms with Crippen LogP contribution >= 0.6 is 0 Å². The molecule has 0 radical (unpaired) electrons. The third kappa shape index (κ3) is 3.25. The van der Waals surface area contributed by atoms with E-state index in [0.717, 1.165) is 48.4 Å². The minimum atomic E-state index is -3.41. The Morgan fingerprint density at radius 3 is 2.39 bits per heavy atom. The minimum Gasteiger partial charge on any atom is -0.493 e. The van der Waals surface area contributed by atoms with Gasteiger partial charge in [0.25, 0.3) is 0 Å². The van der Waals surface area contributed by atoms with Crippen molar-refractivity contribution in [3.05, 3.63) is 17.8 Å². The van der Waals surface area contributed by atoms with Gasteiger partial charge in [-0.25, -0.2) is 8.42 Å². The van der Waals surface area contributed by atoms with Gasteiger partial charge in [0, 0.05) is 23.2 Å². The summed E-state index contributed by atoms with van der Waals surface area (Å²) >= 11 is 0. The van der Waals surface area contributed by atoms with E-state index >= 15 is 0 Å². The summed E-state index contributed by atoms with van der Waals surface area (Å²) in [5, 5.41) is 8.10. The highest BCUT2D eigenvalue weighted by Gasteiger charge is 2.51. The van der Waals surface area contributed by atoms with Crippen LogP contribution in [-0.2, 0) is 16.4 Å². The molecule has 4 fully saturated rings. The van der Waals surface area contributed by atoms with Crippen LogP contribution in [0.4, 0.5) is 5.95 Å². The maximum atomic E-state index is 11.6. The lowest BCUT2D eigenvalue weighted by molar-refractivity contribution is -0.0746. The summed E-state index contributed by atoms with van der Waals surface area (Å²) in [5.41, 5.74) is 1.97. The van der Waals surface area contributed by atoms with Crippen molar-refractivity contribution in [1.29, 1.82) is 0 Å². The lowest BCUT2D eigenvalue weighted by Gasteiger charge is -2.56. The van der Waals surface area contributed by atoms with Crippen LogP contribution in [0.25, 0.3) is 5.65 Å². The second-order valence-electron chi connectivity index (χ2n) is 9.35. The molecule has 0 aromatic carbocycles. The van der Waals surface area contributed by atoms with E-state index < -0.39 is 10.0 Å². The topological polar surface area (TPSA) is 85.6 Å². The van der Waals surface area contributed by atoms with Crippen molar-refractivity contribution in [2.75, 3.05) is 17.6 Å². The second-order valence-corrected chi connectivity index (χ2v) is 11.1. The van der Waals surface area contributed by atoms with E-state index in [4.69, 9.17) is 4.74 Å². The fraction of sp³-hybridized carbons (Fsp3) is 0.700. The molecule has 8 heteroatoms. The maximum Gasteiger partial charge on any atom is 0.242 e. The number of aryl methyl sites for hydroxylation is 1. The van der Waals surface area contributed by atoms with Gasteiger partial charge in [0.15, 0.2) is 5.65 Å². The summed E-state index contributed by atoms with van der Waals surface area (Å²) in [4.78, 5) is 0. The minimum absolute atomic E-state index is 0.208. The molecule has 0 atom stereocenters. The molecule has 4 aliphatic rings. The van der Waals surface area contributed by atoms with Crippen molar-refractivity contribution in [2.45, 2.75) is 51.9 Å². The monoisotopic (exact) mass is 404 g/mol. The van der Waals surface area contributed by atoms with Crippen molar-refractivity contribution >= 4 is 21.6 Å². The fourth-order valence-electron chi connectivity index (χ4n) is 6.29. The first-order valence-corrected chi connectivity index (χ1v) is 12.2. The average Bonchev–Trinajstić information content (AvgIpc) is 2.98. The van der Waals surface area contributed by atoms with E-state index in [9.17, 15) is 8.42 Å². The highest BCUT2D eigenvalue weighted by Crippen LogP contribution is 2.60. The first-order chi connectivity index (χ1) is 13.3. The Morgan fingerprint density at radius 1 is 1.18 bits per heavy atom. The Labute approximate surface area is 165 Å². The van der Waals surface area contributed by atoms with Crippen LogP contribution in [0.15, 0.2) is 12.3 Å². The zero-order chi connectivity index (χ0) is 19.5. The molecule has 2 aromatic heterocycles. The van der Waals surface area contributed by atoms with Crippen molar-refractivity contribution in [3.8, 4) is 5.75 Å². The lowest BCUT2D eigenvalue weighted by Crippen LogP contribution is -2.48. The van der Waals surface area contributed by atoms with E-state index in [0.29, 0.717) is 11.1 Å². The molecule has 0 amide bonds. The molecule has 0 spiro atoms. The molecule has 4 aliphatic carbocycles. The number of nitrogens with one attached hydrogen (secondary N) is 1. The highest BCUT2D eigenvalue weighted by molar-refractivity contribution is 7.91. The van der Waals surface area contributed by atoms with E-state index in [1.807, 2.05) is 12.3 Å². The average molecular weight is 405 g/mol. The third-order valence-corrected chi connectivity index (χ3v) is 7.49. The number of anilines is 1. The van der Waals surface area contributed by atoms with Crippen LogP contribution in [0.2, 0.25) is 0 Å². The van der Waals surface area contributed by atoms with Gasteiger partial charge in [0.2, 0.25) is 16.0 Å². The molecule has 4 bridgehead atoms. The maximum absolute atomic E-state index is 11.6. The molecule has 4 saturated carbocycles. The first kappa shape index (κ1) is 18.2. The van der Waals surface area contributed by atoms with Gasteiger partial charge in [-0.1, -0.05) is 6.92 Å². The summed E-state index contributed by atoms with van der Waals surface area (Å²) in [6, 6.07) is 1.89. The van der Waals surface area contributed by atoms with Gasteiger partial charge in [-0.3, -0.25) is 9.12 Å². The molecule has 152 valence electrons. The number of sulfonamides is 1. The predicted octanol–water partition coefficient (Wildman–Crippen LogP) is 3.26. The number of aromatic nitrogens is 3. The van der Waals surface area contributed by atoms with Gasteiger partial charge in [-0.15, -0.1) is 10.2 Å². The summed E-state index contributed by atoms with van der Waals surface area (Å²) in [7, 11) is -3.41. The van der Waals surface area contributed by atoms with E-state index in [-0.39, 0.29) is 5.95 Å². The van der Waals surface area contributed by atoms with Crippen LogP contribution in [0.5, 0.6) is 5.75 Å². The number of nitrogens with zero attached hydrogens (tertiary/aromatic N) is 3. The zero-order valence-corrected chi connectivity index (χ0v) is 17.3. The Hall–Kier alpha value is -1.83. The molecule has 7 nitrogen and oxygen atoms in total. The van der Waals surface area contributed by atoms with Gasteiger partial charge in [-0.05, 0) is 62.7 Å². The molecule has 0 unspecified atom stereocenters. The third-order valence-electron chi connectivity index (χ3n) is 6.94. The van der Waals surface area contributed by atoms with E-state index in [1.54, 1.807) is 4.40 Å². The summed E-state index contributed by atoms with van der Waals surface area (Å²) in [5.74, 6) is 3.78. The molecule has 28 heavy (non-hydrogen) atoms. The molecule has 2 aromatic rings. The number of fused-ring (bicyclic) bond motifs is 1. The number of hydrogen-bond acceptors (Lipinski definition) is 5. The molecule has 0 aliphatic heterocycles. The largest absolute Gasteiger partial charge is 0.493 e. The first-order valence-electron chi connectivity index (χ1n) is 10.3. The Bertz CT molecular complexity index is 979. The number of ether oxygens (including phenoxy) is 1. The zero-order valence-electron chi connectivity index (χ0n) is 16.5. The van der Waals surface area contributed by atoms with Crippen LogP contribution in [0, 0.1) is 23.2 Å². The van der Waals surface area contributed by atoms with E-state index in [1.165, 1.54) is 38.5 Å². The fourth-order valence-corrected chi connectivity index (χ4v) is 6.76. The summed E-state index contributed by atoms with van der Waals surface area (Å²) < 4.78 is 33.6. The van der Waals surface area contributed by atoms with E-state index in [2.05, 4.69) is 21.8 Å². The smallest absolute Gasteiger partial charge is 0.242 e.